The van der Waals surface area contributed by atoms with E-state index in [4.69, 9.17) is 13.3 Å². The minimum Gasteiger partial charge on any atom is -0.377 e. The fourth-order valence-electron chi connectivity index (χ4n) is 1.60. The van der Waals surface area contributed by atoms with Crippen molar-refractivity contribution in [2.24, 2.45) is 0 Å². The van der Waals surface area contributed by atoms with Crippen LogP contribution >= 0.6 is 0 Å². The molecule has 0 atom stereocenters. The van der Waals surface area contributed by atoms with Crippen molar-refractivity contribution in [1.82, 2.24) is 5.32 Å². The van der Waals surface area contributed by atoms with E-state index in [0.717, 1.165) is 6.42 Å². The highest BCUT2D eigenvalue weighted by atomic mass is 28.4. The highest BCUT2D eigenvalue weighted by Crippen LogP contribution is 2.18. The Morgan fingerprint density at radius 3 is 2.18 bits per heavy atom. The van der Waals surface area contributed by atoms with Gasteiger partial charge in [0.15, 0.2) is 0 Å². The standard InChI is InChI=1S/C11H25NO4Si/c1-5-12-11(13)9-8-10-17(14-4,15-6-2)16-7-3/h5-10H2,1-4H3,(H,12,13). The molecule has 0 aliphatic carbocycles. The van der Waals surface area contributed by atoms with Crippen molar-refractivity contribution in [3.8, 4) is 0 Å². The summed E-state index contributed by atoms with van der Waals surface area (Å²) in [6, 6.07) is 0.683. The van der Waals surface area contributed by atoms with Crippen LogP contribution in [0.2, 0.25) is 6.04 Å². The Balaban J connectivity index is 4.10. The summed E-state index contributed by atoms with van der Waals surface area (Å²) in [5, 5.41) is 2.77. The van der Waals surface area contributed by atoms with Gasteiger partial charge in [-0.15, -0.1) is 0 Å². The maximum atomic E-state index is 11.3. The molecule has 1 amide bonds. The summed E-state index contributed by atoms with van der Waals surface area (Å²) in [5.41, 5.74) is 0. The van der Waals surface area contributed by atoms with Crippen molar-refractivity contribution in [1.29, 1.82) is 0 Å². The molecule has 0 radical (unpaired) electrons. The summed E-state index contributed by atoms with van der Waals surface area (Å²) in [6.07, 6.45) is 1.22. The minimum absolute atomic E-state index is 0.0690. The second-order valence-electron chi connectivity index (χ2n) is 3.56. The van der Waals surface area contributed by atoms with Crippen LogP contribution in [0.25, 0.3) is 0 Å². The molecule has 5 nitrogen and oxygen atoms in total. The average Bonchev–Trinajstić information content (AvgIpc) is 2.30. The molecule has 1 N–H and O–H groups in total. The Hall–Kier alpha value is -0.433. The van der Waals surface area contributed by atoms with Crippen molar-refractivity contribution in [3.05, 3.63) is 0 Å². The maximum absolute atomic E-state index is 11.3. The normalized spacial score (nSPS) is 11.5. The molecule has 0 aromatic rings. The molecule has 0 saturated carbocycles. The van der Waals surface area contributed by atoms with Gasteiger partial charge < -0.3 is 18.6 Å². The highest BCUT2D eigenvalue weighted by molar-refractivity contribution is 6.60. The van der Waals surface area contributed by atoms with E-state index in [1.807, 2.05) is 20.8 Å². The Morgan fingerprint density at radius 1 is 1.18 bits per heavy atom. The third kappa shape index (κ3) is 6.77. The zero-order chi connectivity index (χ0) is 13.1. The van der Waals surface area contributed by atoms with Crippen LogP contribution < -0.4 is 5.32 Å². The first-order valence-electron chi connectivity index (χ1n) is 6.23. The zero-order valence-corrected chi connectivity index (χ0v) is 12.4. The first-order chi connectivity index (χ1) is 8.14. The first kappa shape index (κ1) is 16.6. The molecular formula is C11H25NO4Si. The van der Waals surface area contributed by atoms with Gasteiger partial charge in [-0.3, -0.25) is 4.79 Å². The second-order valence-corrected chi connectivity index (χ2v) is 6.41. The molecule has 0 spiro atoms. The van der Waals surface area contributed by atoms with Gasteiger partial charge in [-0.05, 0) is 27.2 Å². The summed E-state index contributed by atoms with van der Waals surface area (Å²) < 4.78 is 16.7. The number of hydrogen-bond acceptors (Lipinski definition) is 4. The van der Waals surface area contributed by atoms with Crippen LogP contribution in [0.3, 0.4) is 0 Å². The van der Waals surface area contributed by atoms with E-state index in [-0.39, 0.29) is 5.91 Å². The van der Waals surface area contributed by atoms with Crippen molar-refractivity contribution >= 4 is 14.7 Å². The molecule has 0 aliphatic rings. The lowest BCUT2D eigenvalue weighted by atomic mass is 10.3. The number of hydrogen-bond donors (Lipinski definition) is 1. The molecule has 0 unspecified atom stereocenters. The van der Waals surface area contributed by atoms with Gasteiger partial charge in [0.25, 0.3) is 0 Å². The Labute approximate surface area is 105 Å². The smallest absolute Gasteiger partial charge is 0.377 e. The quantitative estimate of drug-likeness (QED) is 0.608. The van der Waals surface area contributed by atoms with Gasteiger partial charge in [0, 0.05) is 39.3 Å². The van der Waals surface area contributed by atoms with Crippen LogP contribution in [0.1, 0.15) is 33.6 Å². The van der Waals surface area contributed by atoms with Crippen LogP contribution in [0.4, 0.5) is 0 Å². The van der Waals surface area contributed by atoms with Gasteiger partial charge in [0.05, 0.1) is 0 Å². The topological polar surface area (TPSA) is 56.8 Å². The molecule has 17 heavy (non-hydrogen) atoms. The third-order valence-electron chi connectivity index (χ3n) is 2.30. The van der Waals surface area contributed by atoms with Crippen molar-refractivity contribution in [3.63, 3.8) is 0 Å². The van der Waals surface area contributed by atoms with Crippen LogP contribution in [0, 0.1) is 0 Å². The molecule has 102 valence electrons. The van der Waals surface area contributed by atoms with Gasteiger partial charge in [-0.2, -0.15) is 0 Å². The van der Waals surface area contributed by atoms with E-state index in [1.54, 1.807) is 7.11 Å². The lowest BCUT2D eigenvalue weighted by molar-refractivity contribution is -0.121. The lowest BCUT2D eigenvalue weighted by Crippen LogP contribution is -2.45. The summed E-state index contributed by atoms with van der Waals surface area (Å²) in [5.74, 6) is 0.0690. The van der Waals surface area contributed by atoms with Crippen LogP contribution in [0.5, 0.6) is 0 Å². The molecular weight excluding hydrogens is 238 g/mol. The number of rotatable bonds is 10. The molecule has 0 bridgehead atoms. The van der Waals surface area contributed by atoms with Crippen LogP contribution in [-0.2, 0) is 18.1 Å². The van der Waals surface area contributed by atoms with Gasteiger partial charge in [-0.1, -0.05) is 0 Å². The molecule has 0 aromatic heterocycles. The Morgan fingerprint density at radius 2 is 1.76 bits per heavy atom. The van der Waals surface area contributed by atoms with E-state index < -0.39 is 8.80 Å². The zero-order valence-electron chi connectivity index (χ0n) is 11.4. The van der Waals surface area contributed by atoms with E-state index in [9.17, 15) is 4.79 Å². The van der Waals surface area contributed by atoms with Crippen LogP contribution in [0.15, 0.2) is 0 Å². The largest absolute Gasteiger partial charge is 0.500 e. The Bertz CT molecular complexity index is 208. The van der Waals surface area contributed by atoms with Crippen LogP contribution in [-0.4, -0.2) is 41.6 Å². The first-order valence-corrected chi connectivity index (χ1v) is 8.17. The molecule has 0 aliphatic heterocycles. The van der Waals surface area contributed by atoms with Crippen molar-refractivity contribution in [2.75, 3.05) is 26.9 Å². The predicted octanol–water partition coefficient (Wildman–Crippen LogP) is 1.56. The molecule has 0 aromatic carbocycles. The molecule has 0 rings (SSSR count). The van der Waals surface area contributed by atoms with Gasteiger partial charge in [0.2, 0.25) is 5.91 Å². The molecule has 0 heterocycles. The number of nitrogens with one attached hydrogen (secondary N) is 1. The van der Waals surface area contributed by atoms with Gasteiger partial charge in [0.1, 0.15) is 0 Å². The Kier molecular flexibility index (Phi) is 9.34. The fraction of sp³-hybridized carbons (Fsp3) is 0.909. The van der Waals surface area contributed by atoms with Gasteiger partial charge in [-0.25, -0.2) is 0 Å². The SMILES string of the molecule is CCNC(=O)CCC[Si](OC)(OCC)OCC. The predicted molar refractivity (Wildman–Crippen MR) is 68.7 cm³/mol. The van der Waals surface area contributed by atoms with Crippen molar-refractivity contribution in [2.45, 2.75) is 39.7 Å². The van der Waals surface area contributed by atoms with Crippen molar-refractivity contribution < 1.29 is 18.1 Å². The number of amides is 1. The van der Waals surface area contributed by atoms with E-state index in [1.165, 1.54) is 0 Å². The monoisotopic (exact) mass is 263 g/mol. The minimum atomic E-state index is -2.54. The van der Waals surface area contributed by atoms with E-state index in [0.29, 0.717) is 32.2 Å². The molecule has 6 heteroatoms. The average molecular weight is 263 g/mol. The highest BCUT2D eigenvalue weighted by Gasteiger charge is 2.38. The van der Waals surface area contributed by atoms with Gasteiger partial charge >= 0.3 is 8.80 Å². The molecule has 0 saturated heterocycles. The van der Waals surface area contributed by atoms with E-state index in [2.05, 4.69) is 5.32 Å². The summed E-state index contributed by atoms with van der Waals surface area (Å²) >= 11 is 0. The molecule has 0 fully saturated rings. The number of carbonyl (C=O) groups excluding carboxylic acids is 1. The maximum Gasteiger partial charge on any atom is 0.500 e. The second kappa shape index (κ2) is 9.58. The summed E-state index contributed by atoms with van der Waals surface area (Å²) in [4.78, 5) is 11.3. The lowest BCUT2D eigenvalue weighted by Gasteiger charge is -2.27. The van der Waals surface area contributed by atoms with E-state index >= 15 is 0 Å². The fourth-order valence-corrected chi connectivity index (χ4v) is 3.90. The number of carbonyl (C=O) groups is 1. The summed E-state index contributed by atoms with van der Waals surface area (Å²) in [7, 11) is -0.925. The third-order valence-corrected chi connectivity index (χ3v) is 5.35. The summed E-state index contributed by atoms with van der Waals surface area (Å²) in [6.45, 7) is 7.56.